The van der Waals surface area contributed by atoms with Crippen molar-refractivity contribution in [2.45, 2.75) is 0 Å². The van der Waals surface area contributed by atoms with E-state index >= 15 is 0 Å². The number of para-hydroxylation sites is 1. The molecule has 0 spiro atoms. The van der Waals surface area contributed by atoms with Crippen LogP contribution in [0.15, 0.2) is 140 Å². The summed E-state index contributed by atoms with van der Waals surface area (Å²) in [5, 5.41) is 6.39. The van der Waals surface area contributed by atoms with Gasteiger partial charge in [0.05, 0.1) is 37.3 Å². The van der Waals surface area contributed by atoms with Crippen molar-refractivity contribution in [2.75, 3.05) is 0 Å². The molecule has 0 bridgehead atoms. The molecule has 6 aromatic carbocycles. The SMILES string of the molecule is c1ccc(-c2nc(-c3ccccc3)c3sc4c(-n5c6ccccc6c6c7sc8ccccc8c7ccc65)cccc4c3n2)cc1. The fourth-order valence-corrected chi connectivity index (χ4v) is 9.34. The molecule has 4 aromatic heterocycles. The minimum Gasteiger partial charge on any atom is -0.308 e. The summed E-state index contributed by atoms with van der Waals surface area (Å²) in [6.45, 7) is 0. The quantitative estimate of drug-likeness (QED) is 0.199. The Morgan fingerprint density at radius 2 is 1.16 bits per heavy atom. The number of thiophene rings is 2. The predicted molar refractivity (Wildman–Crippen MR) is 193 cm³/mol. The van der Waals surface area contributed by atoms with Crippen LogP contribution in [0.4, 0.5) is 0 Å². The molecule has 0 aliphatic carbocycles. The Kier molecular flexibility index (Phi) is 5.32. The van der Waals surface area contributed by atoms with Gasteiger partial charge in [-0.15, -0.1) is 22.7 Å². The van der Waals surface area contributed by atoms with Gasteiger partial charge in [-0.25, -0.2) is 9.97 Å². The van der Waals surface area contributed by atoms with Crippen molar-refractivity contribution in [3.8, 4) is 28.3 Å². The van der Waals surface area contributed by atoms with Crippen molar-refractivity contribution < 1.29 is 0 Å². The molecule has 0 saturated carbocycles. The first kappa shape index (κ1) is 25.0. The first-order valence-electron chi connectivity index (χ1n) is 15.0. The van der Waals surface area contributed by atoms with Crippen molar-refractivity contribution in [3.63, 3.8) is 0 Å². The predicted octanol–water partition coefficient (Wildman–Crippen LogP) is 11.6. The molecule has 0 aliphatic heterocycles. The fourth-order valence-electron chi connectivity index (χ4n) is 6.83. The van der Waals surface area contributed by atoms with Crippen LogP contribution in [0.3, 0.4) is 0 Å². The summed E-state index contributed by atoms with van der Waals surface area (Å²) in [6, 6.07) is 49.6. The maximum absolute atomic E-state index is 5.22. The smallest absolute Gasteiger partial charge is 0.160 e. The van der Waals surface area contributed by atoms with E-state index in [1.807, 2.05) is 29.5 Å². The lowest BCUT2D eigenvalue weighted by Crippen LogP contribution is -1.94. The van der Waals surface area contributed by atoms with Crippen LogP contribution in [-0.4, -0.2) is 14.5 Å². The molecule has 0 radical (unpaired) electrons. The number of rotatable bonds is 3. The molecule has 0 amide bonds. The van der Waals surface area contributed by atoms with Gasteiger partial charge in [-0.05, 0) is 24.3 Å². The first-order valence-corrected chi connectivity index (χ1v) is 16.6. The highest BCUT2D eigenvalue weighted by atomic mass is 32.1. The molecule has 3 nitrogen and oxygen atoms in total. The van der Waals surface area contributed by atoms with E-state index in [0.717, 1.165) is 38.2 Å². The second-order valence-corrected chi connectivity index (χ2v) is 13.4. The van der Waals surface area contributed by atoms with Crippen LogP contribution >= 0.6 is 22.7 Å². The van der Waals surface area contributed by atoms with Crippen LogP contribution in [0.25, 0.3) is 90.6 Å². The number of fused-ring (bicyclic) bond motifs is 10. The summed E-state index contributed by atoms with van der Waals surface area (Å²) in [5.41, 5.74) is 7.68. The highest BCUT2D eigenvalue weighted by Crippen LogP contribution is 2.46. The standard InChI is InChI=1S/C40H23N3S2/c1-3-12-24(13-4-1)35-39-36(42-40(41-35)25-14-5-2-6-15-25)29-18-11-20-32(37(29)45-39)43-30-19-9-7-17-28(30)34-31(43)23-22-27-26-16-8-10-21-33(26)44-38(27)34/h1-23H. The fraction of sp³-hybridized carbons (Fsp3) is 0. The van der Waals surface area contributed by atoms with Crippen LogP contribution in [0.5, 0.6) is 0 Å². The van der Waals surface area contributed by atoms with Gasteiger partial charge in [0.2, 0.25) is 0 Å². The van der Waals surface area contributed by atoms with Crippen molar-refractivity contribution in [1.29, 1.82) is 0 Å². The van der Waals surface area contributed by atoms with Gasteiger partial charge >= 0.3 is 0 Å². The number of nitrogens with zero attached hydrogens (tertiary/aromatic N) is 3. The van der Waals surface area contributed by atoms with Crippen LogP contribution in [-0.2, 0) is 0 Å². The van der Waals surface area contributed by atoms with Gasteiger partial charge in [-0.3, -0.25) is 0 Å². The molecule has 10 rings (SSSR count). The number of hydrogen-bond donors (Lipinski definition) is 0. The van der Waals surface area contributed by atoms with Crippen LogP contribution in [0.2, 0.25) is 0 Å². The monoisotopic (exact) mass is 609 g/mol. The average molecular weight is 610 g/mol. The third-order valence-corrected chi connectivity index (χ3v) is 11.2. The minimum absolute atomic E-state index is 0.746. The molecular formula is C40H23N3S2. The van der Waals surface area contributed by atoms with Gasteiger partial charge in [-0.2, -0.15) is 0 Å². The van der Waals surface area contributed by atoms with E-state index in [0.29, 0.717) is 0 Å². The van der Waals surface area contributed by atoms with Crippen LogP contribution in [0, 0.1) is 0 Å². The second-order valence-electron chi connectivity index (χ2n) is 11.3. The van der Waals surface area contributed by atoms with Crippen molar-refractivity contribution >= 4 is 85.0 Å². The number of hydrogen-bond acceptors (Lipinski definition) is 4. The third-order valence-electron chi connectivity index (χ3n) is 8.82. The van der Waals surface area contributed by atoms with Gasteiger partial charge in [0.15, 0.2) is 5.82 Å². The highest BCUT2D eigenvalue weighted by Gasteiger charge is 2.22. The molecule has 5 heteroatoms. The van der Waals surface area contributed by atoms with Gasteiger partial charge in [0.25, 0.3) is 0 Å². The normalized spacial score (nSPS) is 12.0. The molecule has 0 aliphatic rings. The molecule has 4 heterocycles. The maximum Gasteiger partial charge on any atom is 0.160 e. The molecule has 0 unspecified atom stereocenters. The molecule has 10 aromatic rings. The highest BCUT2D eigenvalue weighted by molar-refractivity contribution is 7.27. The van der Waals surface area contributed by atoms with Gasteiger partial charge in [0.1, 0.15) is 0 Å². The van der Waals surface area contributed by atoms with E-state index in [9.17, 15) is 0 Å². The van der Waals surface area contributed by atoms with E-state index in [-0.39, 0.29) is 0 Å². The van der Waals surface area contributed by atoms with Crippen LogP contribution < -0.4 is 0 Å². The van der Waals surface area contributed by atoms with E-state index in [4.69, 9.17) is 9.97 Å². The zero-order chi connectivity index (χ0) is 29.5. The molecule has 0 N–H and O–H groups in total. The van der Waals surface area contributed by atoms with E-state index < -0.39 is 0 Å². The van der Waals surface area contributed by atoms with E-state index in [2.05, 4.69) is 126 Å². The minimum atomic E-state index is 0.746. The van der Waals surface area contributed by atoms with Crippen LogP contribution in [0.1, 0.15) is 0 Å². The summed E-state index contributed by atoms with van der Waals surface area (Å²) >= 11 is 3.69. The molecule has 0 saturated heterocycles. The van der Waals surface area contributed by atoms with Gasteiger partial charge in [-0.1, -0.05) is 115 Å². The largest absolute Gasteiger partial charge is 0.308 e. The van der Waals surface area contributed by atoms with E-state index in [1.54, 1.807) is 11.3 Å². The zero-order valence-corrected chi connectivity index (χ0v) is 25.6. The summed E-state index contributed by atoms with van der Waals surface area (Å²) in [7, 11) is 0. The Morgan fingerprint density at radius 3 is 2.00 bits per heavy atom. The Balaban J connectivity index is 1.32. The zero-order valence-electron chi connectivity index (χ0n) is 23.9. The summed E-state index contributed by atoms with van der Waals surface area (Å²) in [6.07, 6.45) is 0. The Morgan fingerprint density at radius 1 is 0.444 bits per heavy atom. The Labute approximate surface area is 266 Å². The molecular weight excluding hydrogens is 587 g/mol. The van der Waals surface area contributed by atoms with Crippen molar-refractivity contribution in [2.24, 2.45) is 0 Å². The van der Waals surface area contributed by atoms with Gasteiger partial charge < -0.3 is 4.57 Å². The summed E-state index contributed by atoms with van der Waals surface area (Å²) in [5.74, 6) is 0.746. The Hall–Kier alpha value is -5.36. The van der Waals surface area contributed by atoms with Crippen molar-refractivity contribution in [3.05, 3.63) is 140 Å². The maximum atomic E-state index is 5.22. The van der Waals surface area contributed by atoms with E-state index in [1.165, 1.54) is 52.4 Å². The first-order chi connectivity index (χ1) is 22.3. The number of aromatic nitrogens is 3. The Bertz CT molecular complexity index is 2750. The van der Waals surface area contributed by atoms with Crippen molar-refractivity contribution in [1.82, 2.24) is 14.5 Å². The van der Waals surface area contributed by atoms with Gasteiger partial charge in [0, 0.05) is 47.5 Å². The number of benzene rings is 6. The summed E-state index contributed by atoms with van der Waals surface area (Å²) in [4.78, 5) is 10.4. The molecule has 45 heavy (non-hydrogen) atoms. The lowest BCUT2D eigenvalue weighted by Gasteiger charge is -2.09. The lowest BCUT2D eigenvalue weighted by atomic mass is 10.1. The second kappa shape index (κ2) is 9.57. The molecule has 0 fully saturated rings. The third kappa shape index (κ3) is 3.62. The lowest BCUT2D eigenvalue weighted by molar-refractivity contribution is 1.20. The molecule has 0 atom stereocenters. The molecule has 210 valence electrons. The topological polar surface area (TPSA) is 30.7 Å². The summed E-state index contributed by atoms with van der Waals surface area (Å²) < 4.78 is 7.45. The average Bonchev–Trinajstić information content (AvgIpc) is 3.78.